The van der Waals surface area contributed by atoms with Gasteiger partial charge in [-0.2, -0.15) is 0 Å². The smallest absolute Gasteiger partial charge is 0.0940 e. The van der Waals surface area contributed by atoms with E-state index in [1.807, 2.05) is 18.2 Å². The van der Waals surface area contributed by atoms with Crippen LogP contribution in [0.15, 0.2) is 24.3 Å². The molecule has 2 fully saturated rings. The zero-order chi connectivity index (χ0) is 13.3. The molecule has 104 valence electrons. The number of aliphatic hydroxyl groups excluding tert-OH is 1. The van der Waals surface area contributed by atoms with Crippen molar-refractivity contribution in [3.05, 3.63) is 35.4 Å². The summed E-state index contributed by atoms with van der Waals surface area (Å²) in [6, 6.07) is 8.11. The lowest BCUT2D eigenvalue weighted by Gasteiger charge is -2.39. The first-order chi connectivity index (χ1) is 9.20. The third-order valence-electron chi connectivity index (χ3n) is 4.55. The van der Waals surface area contributed by atoms with Gasteiger partial charge in [-0.25, -0.2) is 0 Å². The van der Waals surface area contributed by atoms with Crippen molar-refractivity contribution in [1.82, 2.24) is 0 Å². The van der Waals surface area contributed by atoms with E-state index >= 15 is 0 Å². The Hall–Kier alpha value is -0.900. The Morgan fingerprint density at radius 3 is 2.89 bits per heavy atom. The third kappa shape index (κ3) is 2.55. The molecule has 0 bridgehead atoms. The van der Waals surface area contributed by atoms with E-state index in [2.05, 4.69) is 13.0 Å². The Kier molecular flexibility index (Phi) is 3.61. The van der Waals surface area contributed by atoms with E-state index < -0.39 is 0 Å². The zero-order valence-corrected chi connectivity index (χ0v) is 11.5. The number of hydrogen-bond acceptors (Lipinski definition) is 3. The molecule has 0 amide bonds. The summed E-state index contributed by atoms with van der Waals surface area (Å²) in [5.74, 6) is 0.275. The normalized spacial score (nSPS) is 32.6. The van der Waals surface area contributed by atoms with Crippen molar-refractivity contribution in [2.75, 3.05) is 19.8 Å². The highest BCUT2D eigenvalue weighted by atomic mass is 16.6. The quantitative estimate of drug-likeness (QED) is 0.890. The van der Waals surface area contributed by atoms with Crippen LogP contribution in [0.25, 0.3) is 0 Å². The number of ether oxygens (including phenoxy) is 2. The van der Waals surface area contributed by atoms with Crippen LogP contribution < -0.4 is 0 Å². The van der Waals surface area contributed by atoms with Crippen molar-refractivity contribution in [2.24, 2.45) is 5.92 Å². The standard InChI is InChI=1S/C16H22O3/c1-12-4-2-3-5-14(12)15(17)13-6-8-19-16(10-13)7-9-18-11-16/h2-5,13,15,17H,6-11H2,1H3. The zero-order valence-electron chi connectivity index (χ0n) is 11.5. The van der Waals surface area contributed by atoms with Gasteiger partial charge < -0.3 is 14.6 Å². The summed E-state index contributed by atoms with van der Waals surface area (Å²) in [7, 11) is 0. The second kappa shape index (κ2) is 5.23. The second-order valence-electron chi connectivity index (χ2n) is 5.89. The van der Waals surface area contributed by atoms with Gasteiger partial charge in [-0.3, -0.25) is 0 Å². The highest BCUT2D eigenvalue weighted by molar-refractivity contribution is 5.28. The van der Waals surface area contributed by atoms with Gasteiger partial charge in [-0.1, -0.05) is 24.3 Å². The van der Waals surface area contributed by atoms with E-state index in [0.717, 1.165) is 38.0 Å². The lowest BCUT2D eigenvalue weighted by molar-refractivity contribution is -0.117. The monoisotopic (exact) mass is 262 g/mol. The van der Waals surface area contributed by atoms with Crippen LogP contribution in [-0.2, 0) is 9.47 Å². The highest BCUT2D eigenvalue weighted by Gasteiger charge is 2.43. The van der Waals surface area contributed by atoms with Crippen molar-refractivity contribution in [3.63, 3.8) is 0 Å². The van der Waals surface area contributed by atoms with E-state index in [1.165, 1.54) is 5.56 Å². The van der Waals surface area contributed by atoms with Crippen LogP contribution in [0.1, 0.15) is 36.5 Å². The average Bonchev–Trinajstić information content (AvgIpc) is 2.86. The van der Waals surface area contributed by atoms with Crippen LogP contribution in [0.4, 0.5) is 0 Å². The summed E-state index contributed by atoms with van der Waals surface area (Å²) in [6.07, 6.45) is 2.41. The molecule has 2 aliphatic rings. The maximum Gasteiger partial charge on any atom is 0.0940 e. The van der Waals surface area contributed by atoms with E-state index in [9.17, 15) is 5.11 Å². The fraction of sp³-hybridized carbons (Fsp3) is 0.625. The average molecular weight is 262 g/mol. The van der Waals surface area contributed by atoms with Gasteiger partial charge in [0.05, 0.1) is 18.3 Å². The fourth-order valence-corrected chi connectivity index (χ4v) is 3.37. The minimum Gasteiger partial charge on any atom is -0.388 e. The molecule has 3 heteroatoms. The summed E-state index contributed by atoms with van der Waals surface area (Å²) in [4.78, 5) is 0. The van der Waals surface area contributed by atoms with Gasteiger partial charge in [0.2, 0.25) is 0 Å². The molecule has 3 rings (SSSR count). The molecule has 1 aromatic carbocycles. The molecular formula is C16H22O3. The predicted molar refractivity (Wildman–Crippen MR) is 73.0 cm³/mol. The van der Waals surface area contributed by atoms with Gasteiger partial charge >= 0.3 is 0 Å². The van der Waals surface area contributed by atoms with Crippen LogP contribution in [0.3, 0.4) is 0 Å². The van der Waals surface area contributed by atoms with Crippen molar-refractivity contribution < 1.29 is 14.6 Å². The SMILES string of the molecule is Cc1ccccc1C(O)C1CCOC2(CCOC2)C1. The summed E-state index contributed by atoms with van der Waals surface area (Å²) in [6.45, 7) is 4.26. The van der Waals surface area contributed by atoms with Crippen LogP contribution in [0.2, 0.25) is 0 Å². The number of aliphatic hydroxyl groups is 1. The molecule has 0 aliphatic carbocycles. The molecule has 2 aliphatic heterocycles. The molecule has 2 saturated heterocycles. The Labute approximate surface area is 114 Å². The van der Waals surface area contributed by atoms with Crippen molar-refractivity contribution in [1.29, 1.82) is 0 Å². The molecule has 1 N–H and O–H groups in total. The van der Waals surface area contributed by atoms with E-state index in [0.29, 0.717) is 6.61 Å². The second-order valence-corrected chi connectivity index (χ2v) is 5.89. The van der Waals surface area contributed by atoms with Gasteiger partial charge in [0.25, 0.3) is 0 Å². The fourth-order valence-electron chi connectivity index (χ4n) is 3.37. The summed E-state index contributed by atoms with van der Waals surface area (Å²) >= 11 is 0. The summed E-state index contributed by atoms with van der Waals surface area (Å²) < 4.78 is 11.4. The van der Waals surface area contributed by atoms with Crippen LogP contribution >= 0.6 is 0 Å². The van der Waals surface area contributed by atoms with Gasteiger partial charge in [0.1, 0.15) is 0 Å². The summed E-state index contributed by atoms with van der Waals surface area (Å²) in [5.41, 5.74) is 2.09. The van der Waals surface area contributed by atoms with E-state index in [1.54, 1.807) is 0 Å². The predicted octanol–water partition coefficient (Wildman–Crippen LogP) is 2.61. The first-order valence-corrected chi connectivity index (χ1v) is 7.15. The lowest BCUT2D eigenvalue weighted by atomic mass is 9.79. The first-order valence-electron chi connectivity index (χ1n) is 7.15. The molecule has 0 aromatic heterocycles. The Morgan fingerprint density at radius 2 is 2.16 bits per heavy atom. The summed E-state index contributed by atoms with van der Waals surface area (Å²) in [5, 5.41) is 10.7. The van der Waals surface area contributed by atoms with Gasteiger partial charge in [-0.05, 0) is 36.8 Å². The Morgan fingerprint density at radius 1 is 1.32 bits per heavy atom. The van der Waals surface area contributed by atoms with Crippen LogP contribution in [-0.4, -0.2) is 30.5 Å². The molecule has 1 aromatic rings. The molecule has 3 nitrogen and oxygen atoms in total. The number of aryl methyl sites for hydroxylation is 1. The largest absolute Gasteiger partial charge is 0.388 e. The van der Waals surface area contributed by atoms with Gasteiger partial charge in [0, 0.05) is 19.6 Å². The minimum atomic E-state index is -0.387. The molecule has 3 atom stereocenters. The van der Waals surface area contributed by atoms with Gasteiger partial charge in [-0.15, -0.1) is 0 Å². The van der Waals surface area contributed by atoms with Crippen molar-refractivity contribution in [2.45, 2.75) is 37.9 Å². The number of benzene rings is 1. The number of hydrogen-bond donors (Lipinski definition) is 1. The van der Waals surface area contributed by atoms with E-state index in [4.69, 9.17) is 9.47 Å². The minimum absolute atomic E-state index is 0.132. The lowest BCUT2D eigenvalue weighted by Crippen LogP contribution is -2.41. The van der Waals surface area contributed by atoms with Crippen molar-refractivity contribution >= 4 is 0 Å². The van der Waals surface area contributed by atoms with Crippen LogP contribution in [0.5, 0.6) is 0 Å². The topological polar surface area (TPSA) is 38.7 Å². The molecule has 2 heterocycles. The van der Waals surface area contributed by atoms with Gasteiger partial charge in [0.15, 0.2) is 0 Å². The van der Waals surface area contributed by atoms with Crippen LogP contribution in [0, 0.1) is 12.8 Å². The Bertz CT molecular complexity index is 437. The molecule has 0 saturated carbocycles. The first kappa shape index (κ1) is 13.1. The third-order valence-corrected chi connectivity index (χ3v) is 4.55. The highest BCUT2D eigenvalue weighted by Crippen LogP contribution is 2.41. The van der Waals surface area contributed by atoms with E-state index in [-0.39, 0.29) is 17.6 Å². The molecule has 3 unspecified atom stereocenters. The van der Waals surface area contributed by atoms with Crippen molar-refractivity contribution in [3.8, 4) is 0 Å². The Balaban J connectivity index is 1.76. The molecule has 1 spiro atoms. The molecular weight excluding hydrogens is 240 g/mol. The maximum absolute atomic E-state index is 10.7. The maximum atomic E-state index is 10.7. The molecule has 19 heavy (non-hydrogen) atoms. The molecule has 0 radical (unpaired) electrons. The number of rotatable bonds is 2.